The minimum absolute atomic E-state index is 0.0330. The molecule has 2 aromatic rings. The summed E-state index contributed by atoms with van der Waals surface area (Å²) in [5, 5.41) is 3.24. The summed E-state index contributed by atoms with van der Waals surface area (Å²) < 4.78 is 0. The van der Waals surface area contributed by atoms with Crippen LogP contribution in [0.1, 0.15) is 49.0 Å². The molecule has 0 spiro atoms. The average molecular weight is 380 g/mol. The van der Waals surface area contributed by atoms with Crippen molar-refractivity contribution in [2.24, 2.45) is 11.8 Å². The van der Waals surface area contributed by atoms with Crippen LogP contribution in [0.3, 0.4) is 0 Å². The first-order valence-electron chi connectivity index (χ1n) is 9.93. The van der Waals surface area contributed by atoms with Gasteiger partial charge in [-0.2, -0.15) is 0 Å². The number of anilines is 1. The minimum Gasteiger partial charge on any atom is -0.366 e. The van der Waals surface area contributed by atoms with E-state index in [4.69, 9.17) is 0 Å². The highest BCUT2D eigenvalue weighted by molar-refractivity contribution is 5.94. The fraction of sp³-hybridized carbons (Fsp3) is 0.455. The molecule has 0 bridgehead atoms. The van der Waals surface area contributed by atoms with Gasteiger partial charge in [0.15, 0.2) is 0 Å². The fourth-order valence-electron chi connectivity index (χ4n) is 3.49. The molecule has 6 nitrogen and oxygen atoms in total. The van der Waals surface area contributed by atoms with E-state index in [0.29, 0.717) is 37.5 Å². The van der Waals surface area contributed by atoms with E-state index in [0.717, 1.165) is 24.2 Å². The zero-order valence-corrected chi connectivity index (χ0v) is 16.6. The highest BCUT2D eigenvalue weighted by Crippen LogP contribution is 2.22. The molecule has 3 rings (SSSR count). The van der Waals surface area contributed by atoms with Crippen molar-refractivity contribution >= 4 is 17.5 Å². The lowest BCUT2D eigenvalue weighted by molar-refractivity contribution is -0.124. The van der Waals surface area contributed by atoms with E-state index in [1.165, 1.54) is 0 Å². The average Bonchev–Trinajstić information content (AvgIpc) is 2.72. The minimum atomic E-state index is -0.0461. The van der Waals surface area contributed by atoms with E-state index in [1.807, 2.05) is 18.2 Å². The van der Waals surface area contributed by atoms with Gasteiger partial charge >= 0.3 is 0 Å². The molecule has 148 valence electrons. The molecule has 0 saturated carbocycles. The van der Waals surface area contributed by atoms with Gasteiger partial charge in [0.25, 0.3) is 5.91 Å². The van der Waals surface area contributed by atoms with Crippen molar-refractivity contribution in [2.45, 2.75) is 39.7 Å². The molecule has 3 heterocycles. The maximum absolute atomic E-state index is 12.8. The van der Waals surface area contributed by atoms with Gasteiger partial charge in [0, 0.05) is 50.6 Å². The zero-order chi connectivity index (χ0) is 19.9. The van der Waals surface area contributed by atoms with Crippen LogP contribution in [0.25, 0.3) is 0 Å². The van der Waals surface area contributed by atoms with Crippen molar-refractivity contribution < 1.29 is 9.59 Å². The molecule has 6 heteroatoms. The number of amides is 1. The van der Waals surface area contributed by atoms with E-state index in [9.17, 15) is 9.59 Å². The van der Waals surface area contributed by atoms with E-state index >= 15 is 0 Å². The first-order valence-corrected chi connectivity index (χ1v) is 9.93. The number of ketones is 1. The van der Waals surface area contributed by atoms with Crippen LogP contribution in [0.5, 0.6) is 0 Å². The molecular weight excluding hydrogens is 352 g/mol. The van der Waals surface area contributed by atoms with Crippen LogP contribution in [-0.4, -0.2) is 39.6 Å². The smallest absolute Gasteiger partial charge is 0.255 e. The molecule has 1 N–H and O–H groups in total. The molecule has 1 fully saturated rings. The summed E-state index contributed by atoms with van der Waals surface area (Å²) in [5.74, 6) is 1.28. The van der Waals surface area contributed by atoms with Crippen molar-refractivity contribution in [1.82, 2.24) is 14.9 Å². The number of hydrogen-bond donors (Lipinski definition) is 1. The van der Waals surface area contributed by atoms with Crippen LogP contribution in [0, 0.1) is 11.8 Å². The lowest BCUT2D eigenvalue weighted by Gasteiger charge is -2.32. The lowest BCUT2D eigenvalue weighted by Crippen LogP contribution is -2.42. The van der Waals surface area contributed by atoms with Crippen LogP contribution in [0.15, 0.2) is 42.9 Å². The van der Waals surface area contributed by atoms with Gasteiger partial charge in [-0.05, 0) is 48.6 Å². The van der Waals surface area contributed by atoms with Crippen molar-refractivity contribution in [1.29, 1.82) is 0 Å². The molecular formula is C22H28N4O2. The van der Waals surface area contributed by atoms with E-state index in [-0.39, 0.29) is 17.6 Å². The molecule has 0 radical (unpaired) electrons. The number of piperidine rings is 1. The van der Waals surface area contributed by atoms with Crippen LogP contribution in [-0.2, 0) is 11.3 Å². The Kier molecular flexibility index (Phi) is 6.74. The zero-order valence-electron chi connectivity index (χ0n) is 16.6. The van der Waals surface area contributed by atoms with Gasteiger partial charge < -0.3 is 10.2 Å². The Balaban J connectivity index is 1.57. The second-order valence-corrected chi connectivity index (χ2v) is 7.80. The molecule has 0 aromatic carbocycles. The number of hydrogen-bond acceptors (Lipinski definition) is 5. The number of Topliss-reactive ketones (excluding diaryl/α,β-unsaturated/α-hetero) is 1. The summed E-state index contributed by atoms with van der Waals surface area (Å²) in [6.07, 6.45) is 7.46. The van der Waals surface area contributed by atoms with Crippen molar-refractivity contribution in [2.75, 3.05) is 18.4 Å². The molecule has 1 saturated heterocycles. The third-order valence-electron chi connectivity index (χ3n) is 5.01. The topological polar surface area (TPSA) is 75.2 Å². The Labute approximate surface area is 166 Å². The largest absolute Gasteiger partial charge is 0.366 e. The molecule has 1 aliphatic heterocycles. The summed E-state index contributed by atoms with van der Waals surface area (Å²) in [6.45, 7) is 5.98. The van der Waals surface area contributed by atoms with Gasteiger partial charge in [0.1, 0.15) is 11.6 Å². The monoisotopic (exact) mass is 380 g/mol. The molecule has 1 atom stereocenters. The summed E-state index contributed by atoms with van der Waals surface area (Å²) in [7, 11) is 0. The first kappa shape index (κ1) is 20.0. The van der Waals surface area contributed by atoms with Crippen molar-refractivity contribution in [3.05, 3.63) is 54.0 Å². The third-order valence-corrected chi connectivity index (χ3v) is 5.01. The van der Waals surface area contributed by atoms with Crippen molar-refractivity contribution in [3.63, 3.8) is 0 Å². The number of rotatable bonds is 7. The predicted molar refractivity (Wildman–Crippen MR) is 109 cm³/mol. The summed E-state index contributed by atoms with van der Waals surface area (Å²) in [5.41, 5.74) is 1.67. The summed E-state index contributed by atoms with van der Waals surface area (Å²) in [6, 6.07) is 7.50. The van der Waals surface area contributed by atoms with Gasteiger partial charge in [0.05, 0.1) is 5.56 Å². The van der Waals surface area contributed by atoms with E-state index in [2.05, 4.69) is 29.1 Å². The Morgan fingerprint density at radius 2 is 2.00 bits per heavy atom. The third kappa shape index (κ3) is 5.38. The number of carbonyl (C=O) groups excluding carboxylic acids is 2. The molecule has 1 aliphatic rings. The van der Waals surface area contributed by atoms with Crippen LogP contribution < -0.4 is 5.32 Å². The number of aromatic nitrogens is 2. The van der Waals surface area contributed by atoms with Gasteiger partial charge in [-0.15, -0.1) is 0 Å². The lowest BCUT2D eigenvalue weighted by atomic mass is 9.89. The predicted octanol–water partition coefficient (Wildman–Crippen LogP) is 3.56. The molecule has 1 amide bonds. The number of carbonyl (C=O) groups is 2. The molecule has 0 aliphatic carbocycles. The van der Waals surface area contributed by atoms with Gasteiger partial charge in [0.2, 0.25) is 0 Å². The number of nitrogens with zero attached hydrogens (tertiary/aromatic N) is 3. The Morgan fingerprint density at radius 1 is 1.21 bits per heavy atom. The number of nitrogens with one attached hydrogen (secondary N) is 1. The van der Waals surface area contributed by atoms with Crippen LogP contribution >= 0.6 is 0 Å². The van der Waals surface area contributed by atoms with Gasteiger partial charge in [-0.25, -0.2) is 4.98 Å². The van der Waals surface area contributed by atoms with E-state index < -0.39 is 0 Å². The Hall–Kier alpha value is -2.76. The molecule has 28 heavy (non-hydrogen) atoms. The highest BCUT2D eigenvalue weighted by atomic mass is 16.2. The van der Waals surface area contributed by atoms with Crippen LogP contribution in [0.2, 0.25) is 0 Å². The molecule has 2 aromatic heterocycles. The summed E-state index contributed by atoms with van der Waals surface area (Å²) in [4.78, 5) is 35.4. The SMILES string of the molecule is CC(C)CC(=O)[C@@H]1CCCN(C(=O)c2ccc(NCc3ccncc3)nc2)C1. The quantitative estimate of drug-likeness (QED) is 0.795. The van der Waals surface area contributed by atoms with Crippen molar-refractivity contribution in [3.8, 4) is 0 Å². The Morgan fingerprint density at radius 3 is 2.68 bits per heavy atom. The maximum Gasteiger partial charge on any atom is 0.255 e. The Bertz CT molecular complexity index is 790. The van der Waals surface area contributed by atoms with Crippen LogP contribution in [0.4, 0.5) is 5.82 Å². The maximum atomic E-state index is 12.8. The van der Waals surface area contributed by atoms with Gasteiger partial charge in [-0.3, -0.25) is 14.6 Å². The normalized spacial score (nSPS) is 16.8. The second-order valence-electron chi connectivity index (χ2n) is 7.80. The molecule has 0 unspecified atom stereocenters. The first-order chi connectivity index (χ1) is 13.5. The fourth-order valence-corrected chi connectivity index (χ4v) is 3.49. The second kappa shape index (κ2) is 9.44. The summed E-state index contributed by atoms with van der Waals surface area (Å²) >= 11 is 0. The number of likely N-dealkylation sites (tertiary alicyclic amines) is 1. The highest BCUT2D eigenvalue weighted by Gasteiger charge is 2.29. The van der Waals surface area contributed by atoms with E-state index in [1.54, 1.807) is 29.6 Å². The van der Waals surface area contributed by atoms with Gasteiger partial charge in [-0.1, -0.05) is 13.8 Å². The standard InChI is InChI=1S/C22H28N4O2/c1-16(2)12-20(27)19-4-3-11-26(15-19)22(28)18-5-6-21(25-14-18)24-13-17-7-9-23-10-8-17/h5-10,14,16,19H,3-4,11-13,15H2,1-2H3,(H,24,25)/t19-/m1/s1. The number of pyridine rings is 2.